The quantitative estimate of drug-likeness (QED) is 0.109. The molecule has 0 aromatic heterocycles. The average molecular weight is 878 g/mol. The molecule has 2 aliphatic carbocycles. The van der Waals surface area contributed by atoms with Crippen LogP contribution >= 0.6 is 0 Å². The maximum Gasteiger partial charge on any atom is 0.248 e. The Morgan fingerprint density at radius 2 is 1.45 bits per heavy atom. The van der Waals surface area contributed by atoms with Crippen molar-refractivity contribution in [3.05, 3.63) is 82.9 Å². The van der Waals surface area contributed by atoms with Crippen molar-refractivity contribution in [2.75, 3.05) is 46.4 Å². The maximum absolute atomic E-state index is 14.6. The Balaban J connectivity index is 1.31. The molecule has 6 atom stereocenters. The molecule has 2 fully saturated rings. The first kappa shape index (κ1) is 47.5. The molecule has 2 unspecified atom stereocenters. The summed E-state index contributed by atoms with van der Waals surface area (Å²) >= 11 is 0. The van der Waals surface area contributed by atoms with Crippen LogP contribution < -0.4 is 47.9 Å². The fraction of sp³-hybridized carbons (Fsp3) is 0.500. The highest BCUT2D eigenvalue weighted by Gasteiger charge is 2.60. The first-order valence-corrected chi connectivity index (χ1v) is 22.2. The number of hydrogen-bond donors (Lipinski definition) is 7. The highest BCUT2D eigenvalue weighted by Crippen LogP contribution is 2.62. The molecule has 4 bridgehead atoms. The zero-order chi connectivity index (χ0) is 46.3. The Morgan fingerprint density at radius 3 is 2.05 bits per heavy atom. The molecule has 64 heavy (non-hydrogen) atoms. The summed E-state index contributed by atoms with van der Waals surface area (Å²) in [5, 5.41) is 20.1. The van der Waals surface area contributed by atoms with Crippen LogP contribution in [-0.4, -0.2) is 99.0 Å². The Hall–Kier alpha value is -6.02. The van der Waals surface area contributed by atoms with Gasteiger partial charge in [0.25, 0.3) is 0 Å². The molecule has 3 aliphatic rings. The molecule has 0 spiro atoms. The minimum atomic E-state index is -1.33. The number of nitrogens with one attached hydrogen (secondary N) is 4. The van der Waals surface area contributed by atoms with E-state index in [1.807, 2.05) is 6.07 Å². The molecule has 3 aromatic carbocycles. The second kappa shape index (κ2) is 20.7. The summed E-state index contributed by atoms with van der Waals surface area (Å²) < 4.78 is 12.2. The minimum absolute atomic E-state index is 0.0228. The van der Waals surface area contributed by atoms with E-state index in [4.69, 9.17) is 31.9 Å². The van der Waals surface area contributed by atoms with Crippen LogP contribution in [0.2, 0.25) is 0 Å². The van der Waals surface area contributed by atoms with Gasteiger partial charge in [0.1, 0.15) is 55.4 Å². The number of ether oxygens (including phenoxy) is 2. The Morgan fingerprint density at radius 1 is 0.844 bits per heavy atom. The summed E-state index contributed by atoms with van der Waals surface area (Å²) in [4.78, 5) is 71.4. The molecular weight excluding hydrogens is 815 g/mol. The number of benzene rings is 3. The minimum Gasteiger partial charge on any atom is -0.492 e. The van der Waals surface area contributed by atoms with E-state index in [0.29, 0.717) is 39.7 Å². The topological polar surface area (TPSA) is 257 Å². The molecule has 16 nitrogen and oxygen atoms in total. The second-order valence-corrected chi connectivity index (χ2v) is 18.1. The lowest BCUT2D eigenvalue weighted by atomic mass is 9.84. The normalized spacial score (nSPS) is 23.2. The van der Waals surface area contributed by atoms with E-state index in [-0.39, 0.29) is 81.3 Å². The van der Waals surface area contributed by atoms with Gasteiger partial charge in [0.15, 0.2) is 0 Å². The van der Waals surface area contributed by atoms with Crippen LogP contribution in [0, 0.1) is 29.1 Å². The van der Waals surface area contributed by atoms with E-state index in [2.05, 4.69) is 66.3 Å². The number of nitriles is 1. The first-order valence-electron chi connectivity index (χ1n) is 22.2. The molecule has 2 saturated carbocycles. The zero-order valence-corrected chi connectivity index (χ0v) is 37.4. The van der Waals surface area contributed by atoms with E-state index in [1.165, 1.54) is 30.0 Å². The number of carbonyl (C=O) groups is 5. The van der Waals surface area contributed by atoms with Gasteiger partial charge in [0.2, 0.25) is 29.5 Å². The van der Waals surface area contributed by atoms with Crippen molar-refractivity contribution in [1.29, 1.82) is 5.26 Å². The fourth-order valence-electron chi connectivity index (χ4n) is 9.15. The molecule has 342 valence electrons. The molecule has 0 radical (unpaired) electrons. The van der Waals surface area contributed by atoms with Crippen LogP contribution in [0.5, 0.6) is 11.5 Å². The largest absolute Gasteiger partial charge is 0.492 e. The van der Waals surface area contributed by atoms with Gasteiger partial charge in [-0.25, -0.2) is 0 Å². The molecule has 5 amide bonds. The van der Waals surface area contributed by atoms with Gasteiger partial charge in [0.05, 0.1) is 6.07 Å². The molecule has 0 saturated heterocycles. The van der Waals surface area contributed by atoms with Crippen molar-refractivity contribution in [1.82, 2.24) is 26.2 Å². The molecular formula is C48H63N9O7. The Kier molecular flexibility index (Phi) is 15.3. The second-order valence-electron chi connectivity index (χ2n) is 18.1. The van der Waals surface area contributed by atoms with Crippen LogP contribution in [-0.2, 0) is 35.8 Å². The number of hydrogen-bond acceptors (Lipinski definition) is 11. The third kappa shape index (κ3) is 10.8. The highest BCUT2D eigenvalue weighted by atomic mass is 16.5. The summed E-state index contributed by atoms with van der Waals surface area (Å²) in [5.41, 5.74) is 22.3. The molecule has 6 rings (SSSR count). The van der Waals surface area contributed by atoms with Crippen LogP contribution in [0.4, 0.5) is 0 Å². The fourth-order valence-corrected chi connectivity index (χ4v) is 9.15. The Bertz CT molecular complexity index is 2230. The van der Waals surface area contributed by atoms with Crippen LogP contribution in [0.1, 0.15) is 81.2 Å². The van der Waals surface area contributed by atoms with Crippen molar-refractivity contribution >= 4 is 29.5 Å². The van der Waals surface area contributed by atoms with Gasteiger partial charge in [-0.1, -0.05) is 57.2 Å². The third-order valence-corrected chi connectivity index (χ3v) is 12.6. The lowest BCUT2D eigenvalue weighted by molar-refractivity contribution is -0.143. The predicted molar refractivity (Wildman–Crippen MR) is 242 cm³/mol. The summed E-state index contributed by atoms with van der Waals surface area (Å²) in [7, 11) is 1.47. The van der Waals surface area contributed by atoms with Crippen molar-refractivity contribution < 1.29 is 33.4 Å². The molecule has 3 aromatic rings. The summed E-state index contributed by atoms with van der Waals surface area (Å²) in [6.07, 6.45) is 1.92. The van der Waals surface area contributed by atoms with Crippen molar-refractivity contribution in [3.63, 3.8) is 0 Å². The number of amides is 5. The molecule has 1 heterocycles. The number of fused-ring (bicyclic) bond motifs is 6. The van der Waals surface area contributed by atoms with E-state index in [0.717, 1.165) is 12.8 Å². The van der Waals surface area contributed by atoms with Gasteiger partial charge < -0.3 is 52.8 Å². The van der Waals surface area contributed by atoms with Crippen LogP contribution in [0.3, 0.4) is 0 Å². The maximum atomic E-state index is 14.6. The number of nitrogens with two attached hydrogens (primary N) is 3. The monoisotopic (exact) mass is 877 g/mol. The van der Waals surface area contributed by atoms with Gasteiger partial charge in [-0.05, 0) is 102 Å². The Labute approximate surface area is 375 Å². The van der Waals surface area contributed by atoms with E-state index >= 15 is 0 Å². The van der Waals surface area contributed by atoms with Gasteiger partial charge in [-0.3, -0.25) is 24.0 Å². The predicted octanol–water partition coefficient (Wildman–Crippen LogP) is 2.28. The summed E-state index contributed by atoms with van der Waals surface area (Å²) in [5.74, 6) is -1.33. The summed E-state index contributed by atoms with van der Waals surface area (Å²) in [6.45, 7) is 8.60. The van der Waals surface area contributed by atoms with Crippen molar-refractivity contribution in [2.24, 2.45) is 35.0 Å². The summed E-state index contributed by atoms with van der Waals surface area (Å²) in [6, 6.07) is 16.3. The van der Waals surface area contributed by atoms with Gasteiger partial charge in [-0.15, -0.1) is 0 Å². The van der Waals surface area contributed by atoms with Gasteiger partial charge in [0, 0.05) is 43.6 Å². The smallest absolute Gasteiger partial charge is 0.248 e. The number of likely N-dealkylation sites (N-methyl/N-ethyl adjacent to an activating group) is 1. The highest BCUT2D eigenvalue weighted by molar-refractivity contribution is 5.97. The third-order valence-electron chi connectivity index (χ3n) is 12.6. The number of rotatable bonds is 15. The number of carbonyl (C=O) groups excluding carboxylic acids is 5. The number of nitrogens with zero attached hydrogens (tertiary/aromatic N) is 2. The van der Waals surface area contributed by atoms with Gasteiger partial charge >= 0.3 is 0 Å². The van der Waals surface area contributed by atoms with Crippen LogP contribution in [0.15, 0.2) is 60.7 Å². The zero-order valence-electron chi connectivity index (χ0n) is 37.4. The molecule has 16 heteroatoms. The lowest BCUT2D eigenvalue weighted by Crippen LogP contribution is -2.56. The standard InChI is InChI=1S/C48H63N9O7/c1-27-43(58)56-38(44(59)53-19-16-50)23-28-6-12-39(63-20-17-51)33(22-28)34-24-30(9-13-40(34)64-21-18-52)42(46(61)54-27)57(5)47(62)37(14-15-49)55-45(60)41-35-25-31(26-36(35)41)29-7-10-32(11-8-29)48(2,3)4/h6-13,22,24,27,31,35-38,41-42H,14-15,17-21,23,25-26,49,51-52H2,1-5H3,(H,53,59)(H,54,61)(H,55,60)(H,56,58)/t27-,31?,35?,36?,37-,38-,41?,42-/m0/s1. The molecule has 1 aliphatic heterocycles. The van der Waals surface area contributed by atoms with E-state index in [9.17, 15) is 24.0 Å². The van der Waals surface area contributed by atoms with Crippen LogP contribution in [0.25, 0.3) is 11.1 Å². The van der Waals surface area contributed by atoms with E-state index in [1.54, 1.807) is 36.4 Å². The average Bonchev–Trinajstić information content (AvgIpc) is 3.78. The van der Waals surface area contributed by atoms with Crippen molar-refractivity contribution in [2.45, 2.75) is 88.9 Å². The first-order chi connectivity index (χ1) is 30.6. The SMILES string of the molecule is C[C@@H]1NC(=O)[C@@H](N(C)C(=O)[C@H](CCN)NC(=O)C2C3CC(c4ccc(C(C)(C)C)cc4)CC32)c2ccc(OCCN)c(c2)-c2cc(ccc2OCCN)C[C@@H](C(=O)NCC#N)NC1=O. The van der Waals surface area contributed by atoms with E-state index < -0.39 is 47.8 Å². The lowest BCUT2D eigenvalue weighted by Gasteiger charge is -2.32. The van der Waals surface area contributed by atoms with Crippen molar-refractivity contribution in [3.8, 4) is 28.7 Å². The van der Waals surface area contributed by atoms with Gasteiger partial charge in [-0.2, -0.15) is 5.26 Å². The molecule has 10 N–H and O–H groups in total.